The molecule has 0 aromatic carbocycles. The Bertz CT molecular complexity index is 465. The zero-order valence-corrected chi connectivity index (χ0v) is 8.64. The zero-order chi connectivity index (χ0) is 11.7. The molecule has 2 rings (SSSR count). The predicted molar refractivity (Wildman–Crippen MR) is 52.2 cm³/mol. The van der Waals surface area contributed by atoms with Crippen molar-refractivity contribution in [2.75, 3.05) is 6.54 Å². The molecule has 0 radical (unpaired) electrons. The summed E-state index contributed by atoms with van der Waals surface area (Å²) in [6.45, 7) is 2.40. The Kier molecular flexibility index (Phi) is 2.43. The molecule has 4 amide bonds. The number of amides is 4. The van der Waals surface area contributed by atoms with Crippen LogP contribution in [0.1, 0.15) is 5.56 Å². The maximum Gasteiger partial charge on any atom is 0.331 e. The molecule has 1 aliphatic rings. The second kappa shape index (κ2) is 3.76. The van der Waals surface area contributed by atoms with Crippen molar-refractivity contribution in [3.05, 3.63) is 18.0 Å². The van der Waals surface area contributed by atoms with E-state index in [2.05, 4.69) is 5.10 Å². The Hall–Kier alpha value is -2.18. The molecule has 0 saturated carbocycles. The summed E-state index contributed by atoms with van der Waals surface area (Å²) in [5.74, 6) is -1.68. The van der Waals surface area contributed by atoms with Gasteiger partial charge in [-0.3, -0.25) is 24.5 Å². The molecule has 84 valence electrons. The molecule has 0 bridgehead atoms. The van der Waals surface area contributed by atoms with Gasteiger partial charge < -0.3 is 0 Å². The van der Waals surface area contributed by atoms with Crippen molar-refractivity contribution in [1.82, 2.24) is 20.0 Å². The number of hydrogen-bond donors (Lipinski definition) is 1. The van der Waals surface area contributed by atoms with Crippen LogP contribution in [-0.2, 0) is 16.1 Å². The van der Waals surface area contributed by atoms with Crippen LogP contribution in [0.3, 0.4) is 0 Å². The lowest BCUT2D eigenvalue weighted by Gasteiger charge is -2.10. The van der Waals surface area contributed by atoms with Gasteiger partial charge in [0.1, 0.15) is 0 Å². The van der Waals surface area contributed by atoms with Gasteiger partial charge in [-0.2, -0.15) is 5.10 Å². The van der Waals surface area contributed by atoms with Crippen molar-refractivity contribution < 1.29 is 14.4 Å². The molecule has 7 heteroatoms. The fourth-order valence-corrected chi connectivity index (χ4v) is 1.43. The highest BCUT2D eigenvalue weighted by Gasteiger charge is 2.36. The van der Waals surface area contributed by atoms with Crippen LogP contribution in [-0.4, -0.2) is 39.1 Å². The van der Waals surface area contributed by atoms with Crippen LogP contribution in [0.25, 0.3) is 0 Å². The van der Waals surface area contributed by atoms with Gasteiger partial charge >= 0.3 is 17.8 Å². The summed E-state index contributed by atoms with van der Waals surface area (Å²) in [5, 5.41) is 5.93. The average molecular weight is 222 g/mol. The topological polar surface area (TPSA) is 84.3 Å². The smallest absolute Gasteiger partial charge is 0.271 e. The minimum absolute atomic E-state index is 0.136. The molecular weight excluding hydrogens is 212 g/mol. The Morgan fingerprint density at radius 3 is 2.56 bits per heavy atom. The third-order valence-corrected chi connectivity index (χ3v) is 2.22. The molecule has 0 spiro atoms. The van der Waals surface area contributed by atoms with E-state index in [1.54, 1.807) is 17.1 Å². The van der Waals surface area contributed by atoms with E-state index >= 15 is 0 Å². The zero-order valence-electron chi connectivity index (χ0n) is 8.64. The number of aryl methyl sites for hydroxylation is 1. The highest BCUT2D eigenvalue weighted by Crippen LogP contribution is 2.01. The molecule has 0 aliphatic carbocycles. The summed E-state index contributed by atoms with van der Waals surface area (Å²) in [6, 6.07) is -0.668. The maximum atomic E-state index is 11.2. The number of rotatable bonds is 3. The van der Waals surface area contributed by atoms with Crippen LogP contribution in [0.5, 0.6) is 0 Å². The van der Waals surface area contributed by atoms with E-state index in [1.807, 2.05) is 12.2 Å². The number of hydrogen-bond acceptors (Lipinski definition) is 4. The van der Waals surface area contributed by atoms with Crippen molar-refractivity contribution >= 4 is 17.8 Å². The summed E-state index contributed by atoms with van der Waals surface area (Å²) >= 11 is 0. The van der Waals surface area contributed by atoms with Gasteiger partial charge in [-0.1, -0.05) is 0 Å². The number of aromatic nitrogens is 2. The van der Waals surface area contributed by atoms with E-state index < -0.39 is 17.8 Å². The molecule has 1 aromatic heterocycles. The van der Waals surface area contributed by atoms with Crippen LogP contribution in [0.4, 0.5) is 4.79 Å². The monoisotopic (exact) mass is 222 g/mol. The molecule has 0 atom stereocenters. The van der Waals surface area contributed by atoms with Crippen LogP contribution in [0.15, 0.2) is 12.4 Å². The third-order valence-electron chi connectivity index (χ3n) is 2.22. The highest BCUT2D eigenvalue weighted by atomic mass is 16.2. The normalized spacial score (nSPS) is 15.8. The molecule has 7 nitrogen and oxygen atoms in total. The number of urea groups is 1. The molecule has 2 heterocycles. The van der Waals surface area contributed by atoms with E-state index in [-0.39, 0.29) is 6.54 Å². The average Bonchev–Trinajstić information content (AvgIpc) is 2.72. The Morgan fingerprint density at radius 1 is 1.31 bits per heavy atom. The number of imide groups is 2. The van der Waals surface area contributed by atoms with Gasteiger partial charge in [-0.15, -0.1) is 0 Å². The fourth-order valence-electron chi connectivity index (χ4n) is 1.43. The minimum atomic E-state index is -0.873. The lowest BCUT2D eigenvalue weighted by Crippen LogP contribution is -2.34. The maximum absolute atomic E-state index is 11.2. The van der Waals surface area contributed by atoms with E-state index in [0.29, 0.717) is 6.54 Å². The first-order chi connectivity index (χ1) is 7.58. The number of nitrogens with zero attached hydrogens (tertiary/aromatic N) is 3. The molecular formula is C9H10N4O3. The first-order valence-electron chi connectivity index (χ1n) is 4.74. The van der Waals surface area contributed by atoms with Crippen molar-refractivity contribution in [1.29, 1.82) is 0 Å². The first-order valence-corrected chi connectivity index (χ1v) is 4.74. The quantitative estimate of drug-likeness (QED) is 0.539. The van der Waals surface area contributed by atoms with Gasteiger partial charge in [-0.05, 0) is 12.5 Å². The Morgan fingerprint density at radius 2 is 2.06 bits per heavy atom. The molecule has 1 aromatic rings. The number of nitrogens with one attached hydrogen (secondary N) is 1. The van der Waals surface area contributed by atoms with Crippen LogP contribution in [0.2, 0.25) is 0 Å². The second-order valence-electron chi connectivity index (χ2n) is 3.50. The lowest BCUT2D eigenvalue weighted by molar-refractivity contribution is -0.140. The largest absolute Gasteiger partial charge is 0.331 e. The second-order valence-corrected chi connectivity index (χ2v) is 3.50. The standard InChI is InChI=1S/C9H10N4O3/c1-6-4-10-12(5-6)2-3-13-8(15)7(14)11-9(13)16/h4-5H,2-3H2,1H3,(H,11,14,16). The SMILES string of the molecule is Cc1cnn(CCN2C(=O)NC(=O)C2=O)c1. The summed E-state index contributed by atoms with van der Waals surface area (Å²) in [6.07, 6.45) is 3.47. The van der Waals surface area contributed by atoms with Crippen molar-refractivity contribution in [2.24, 2.45) is 0 Å². The first kappa shape index (κ1) is 10.3. The van der Waals surface area contributed by atoms with Gasteiger partial charge in [0.25, 0.3) is 0 Å². The number of carbonyl (C=O) groups excluding carboxylic acids is 3. The van der Waals surface area contributed by atoms with Crippen molar-refractivity contribution in [2.45, 2.75) is 13.5 Å². The van der Waals surface area contributed by atoms with Crippen molar-refractivity contribution in [3.8, 4) is 0 Å². The molecule has 16 heavy (non-hydrogen) atoms. The Labute approximate surface area is 91.0 Å². The van der Waals surface area contributed by atoms with Gasteiger partial charge in [0.05, 0.1) is 19.3 Å². The third kappa shape index (κ3) is 1.79. The van der Waals surface area contributed by atoms with Crippen LogP contribution in [0, 0.1) is 6.92 Å². The van der Waals surface area contributed by atoms with Gasteiger partial charge in [0, 0.05) is 6.20 Å². The van der Waals surface area contributed by atoms with E-state index in [1.165, 1.54) is 0 Å². The van der Waals surface area contributed by atoms with Crippen LogP contribution < -0.4 is 5.32 Å². The van der Waals surface area contributed by atoms with Gasteiger partial charge in [0.15, 0.2) is 0 Å². The summed E-state index contributed by atoms with van der Waals surface area (Å²) in [4.78, 5) is 34.1. The van der Waals surface area contributed by atoms with Gasteiger partial charge in [0.2, 0.25) is 0 Å². The Balaban J connectivity index is 1.98. The fraction of sp³-hybridized carbons (Fsp3) is 0.333. The summed E-state index contributed by atoms with van der Waals surface area (Å²) < 4.78 is 1.61. The van der Waals surface area contributed by atoms with Crippen molar-refractivity contribution in [3.63, 3.8) is 0 Å². The van der Waals surface area contributed by atoms with Gasteiger partial charge in [-0.25, -0.2) is 4.79 Å². The van der Waals surface area contributed by atoms with E-state index in [4.69, 9.17) is 0 Å². The summed E-state index contributed by atoms with van der Waals surface area (Å²) in [7, 11) is 0. The predicted octanol–water partition coefficient (Wildman–Crippen LogP) is -0.730. The van der Waals surface area contributed by atoms with E-state index in [0.717, 1.165) is 10.5 Å². The summed E-state index contributed by atoms with van der Waals surface area (Å²) in [5.41, 5.74) is 0.994. The molecule has 0 unspecified atom stereocenters. The van der Waals surface area contributed by atoms with E-state index in [9.17, 15) is 14.4 Å². The lowest BCUT2D eigenvalue weighted by atomic mass is 10.4. The molecule has 1 aliphatic heterocycles. The molecule has 1 N–H and O–H groups in total. The van der Waals surface area contributed by atoms with Crippen LogP contribution >= 0.6 is 0 Å². The minimum Gasteiger partial charge on any atom is -0.271 e. The molecule has 1 fully saturated rings. The molecule has 1 saturated heterocycles. The number of carbonyl (C=O) groups is 3. The highest BCUT2D eigenvalue weighted by molar-refractivity contribution is 6.44.